The van der Waals surface area contributed by atoms with Crippen LogP contribution in [-0.2, 0) is 0 Å². The number of aryl methyl sites for hydroxylation is 1. The van der Waals surface area contributed by atoms with Crippen LogP contribution in [0.15, 0.2) is 66.4 Å². The molecule has 0 bridgehead atoms. The van der Waals surface area contributed by atoms with Gasteiger partial charge in [-0.2, -0.15) is 10.5 Å². The first-order valence-corrected chi connectivity index (χ1v) is 12.5. The lowest BCUT2D eigenvalue weighted by Gasteiger charge is -2.14. The van der Waals surface area contributed by atoms with E-state index in [2.05, 4.69) is 25.3 Å². The van der Waals surface area contributed by atoms with Crippen molar-refractivity contribution in [3.8, 4) is 57.3 Å². The molecule has 0 aliphatic heterocycles. The smallest absolute Gasteiger partial charge is 0.404 e. The summed E-state index contributed by atoms with van der Waals surface area (Å²) in [6.45, 7) is 24.6. The minimum atomic E-state index is -5.07. The molecule has 4 aromatic rings. The molecule has 206 valence electrons. The van der Waals surface area contributed by atoms with Crippen molar-refractivity contribution < 1.29 is 17.9 Å². The zero-order valence-electron chi connectivity index (χ0n) is 22.5. The molecule has 10 heteroatoms. The molecule has 0 radical (unpaired) electrons. The second-order valence-electron chi connectivity index (χ2n) is 9.51. The number of ether oxygens (including phenoxy) is 1. The predicted octanol–water partition coefficient (Wildman–Crippen LogP) is 9.26. The molecule has 1 aliphatic rings. The standard InChI is InChI=1S/C34H13F3N6O/c1-18-9-19(7-8-29(18)41-2)24-13-28-26(14-30(24)42-3)25-10-22(16-39)23(12-27(25)33(28)31(17-40)43-4)20-5-6-21(15-38)32(11-20)44-34(35,36)37/h5-14H,1H3/b33-31-. The fourth-order valence-corrected chi connectivity index (χ4v) is 5.18. The molecule has 4 aromatic carbocycles. The van der Waals surface area contributed by atoms with Crippen molar-refractivity contribution in [2.45, 2.75) is 13.3 Å². The van der Waals surface area contributed by atoms with Crippen molar-refractivity contribution in [3.05, 3.63) is 128 Å². The zero-order valence-corrected chi connectivity index (χ0v) is 22.5. The molecular formula is C34H13F3N6O. The van der Waals surface area contributed by atoms with Crippen LogP contribution in [0.5, 0.6) is 5.75 Å². The molecular weight excluding hydrogens is 565 g/mol. The van der Waals surface area contributed by atoms with E-state index in [4.69, 9.17) is 19.7 Å². The predicted molar refractivity (Wildman–Crippen MR) is 154 cm³/mol. The normalized spacial score (nSPS) is 12.2. The number of halogens is 3. The number of nitriles is 3. The molecule has 0 fully saturated rings. The van der Waals surface area contributed by atoms with Crippen molar-refractivity contribution in [2.75, 3.05) is 0 Å². The van der Waals surface area contributed by atoms with Crippen LogP contribution < -0.4 is 4.74 Å². The minimum absolute atomic E-state index is 0.0683. The summed E-state index contributed by atoms with van der Waals surface area (Å²) >= 11 is 0. The van der Waals surface area contributed by atoms with Crippen molar-refractivity contribution >= 4 is 16.9 Å². The van der Waals surface area contributed by atoms with Gasteiger partial charge in [-0.15, -0.1) is 13.2 Å². The van der Waals surface area contributed by atoms with Gasteiger partial charge in [0, 0.05) is 11.1 Å². The molecule has 0 saturated carbocycles. The molecule has 5 rings (SSSR count). The van der Waals surface area contributed by atoms with E-state index in [9.17, 15) is 29.0 Å². The van der Waals surface area contributed by atoms with Crippen LogP contribution in [0, 0.1) is 60.6 Å². The Morgan fingerprint density at radius 3 is 1.89 bits per heavy atom. The third-order valence-corrected chi connectivity index (χ3v) is 7.08. The van der Waals surface area contributed by atoms with Crippen molar-refractivity contribution in [1.82, 2.24) is 0 Å². The van der Waals surface area contributed by atoms with E-state index < -0.39 is 12.1 Å². The largest absolute Gasteiger partial charge is 0.573 e. The number of allylic oxidation sites excluding steroid dienone is 1. The molecule has 0 heterocycles. The Kier molecular flexibility index (Phi) is 7.07. The Morgan fingerprint density at radius 1 is 0.705 bits per heavy atom. The van der Waals surface area contributed by atoms with Crippen molar-refractivity contribution in [2.24, 2.45) is 0 Å². The Morgan fingerprint density at radius 2 is 1.32 bits per heavy atom. The average molecular weight is 579 g/mol. The highest BCUT2D eigenvalue weighted by molar-refractivity contribution is 6.07. The maximum atomic E-state index is 13.1. The topological polar surface area (TPSA) is 93.7 Å². The number of benzene rings is 4. The van der Waals surface area contributed by atoms with E-state index in [1.165, 1.54) is 18.2 Å². The van der Waals surface area contributed by atoms with E-state index in [1.54, 1.807) is 43.3 Å². The van der Waals surface area contributed by atoms with Gasteiger partial charge in [0.1, 0.15) is 11.8 Å². The van der Waals surface area contributed by atoms with Crippen LogP contribution >= 0.6 is 0 Å². The molecule has 0 saturated heterocycles. The van der Waals surface area contributed by atoms with Gasteiger partial charge >= 0.3 is 6.36 Å². The molecule has 44 heavy (non-hydrogen) atoms. The second kappa shape index (κ2) is 10.9. The van der Waals surface area contributed by atoms with E-state index >= 15 is 0 Å². The van der Waals surface area contributed by atoms with Crippen LogP contribution in [0.2, 0.25) is 0 Å². The molecule has 0 spiro atoms. The van der Waals surface area contributed by atoms with Gasteiger partial charge in [-0.05, 0) is 81.8 Å². The zero-order chi connectivity index (χ0) is 31.8. The summed E-state index contributed by atoms with van der Waals surface area (Å²) in [6.07, 6.45) is -5.07. The van der Waals surface area contributed by atoms with Gasteiger partial charge in [0.15, 0.2) is 11.4 Å². The van der Waals surface area contributed by atoms with E-state index in [-0.39, 0.29) is 39.2 Å². The number of nitrogens with zero attached hydrogens (tertiary/aromatic N) is 6. The molecule has 0 unspecified atom stereocenters. The summed E-state index contributed by atoms with van der Waals surface area (Å²) in [7, 11) is 0. The minimum Gasteiger partial charge on any atom is -0.404 e. The van der Waals surface area contributed by atoms with Gasteiger partial charge < -0.3 is 4.74 Å². The van der Waals surface area contributed by atoms with Gasteiger partial charge in [0.25, 0.3) is 5.70 Å². The summed E-state index contributed by atoms with van der Waals surface area (Å²) in [5.74, 6) is -0.745. The quantitative estimate of drug-likeness (QED) is 0.158. The number of rotatable bonds is 3. The lowest BCUT2D eigenvalue weighted by atomic mass is 9.92. The molecule has 0 amide bonds. The first kappa shape index (κ1) is 28.7. The fourth-order valence-electron chi connectivity index (χ4n) is 5.18. The number of hydrogen-bond acceptors (Lipinski definition) is 4. The van der Waals surface area contributed by atoms with Gasteiger partial charge in [-0.25, -0.2) is 19.8 Å². The molecule has 0 atom stereocenters. The van der Waals surface area contributed by atoms with Gasteiger partial charge in [0.05, 0.1) is 43.0 Å². The Bertz CT molecular complexity index is 2210. The average Bonchev–Trinajstić information content (AvgIpc) is 3.31. The van der Waals surface area contributed by atoms with Crippen molar-refractivity contribution in [1.29, 1.82) is 15.8 Å². The number of fused-ring (bicyclic) bond motifs is 3. The number of alkyl halides is 3. The highest BCUT2D eigenvalue weighted by atomic mass is 19.4. The number of hydrogen-bond donors (Lipinski definition) is 0. The SMILES string of the molecule is [C-]#[N+]/C(C#N)=C1/c2cc(-c3ccc(C#N)c(OC(F)(F)F)c3)c(C#N)cc2-c2cc([N+]#[C-])c(-c3ccc([N+]#[C-])c(C)c3)cc21. The summed E-state index contributed by atoms with van der Waals surface area (Å²) in [5, 5.41) is 29.2. The fraction of sp³-hybridized carbons (Fsp3) is 0.0588. The second-order valence-corrected chi connectivity index (χ2v) is 9.51. The summed E-state index contributed by atoms with van der Waals surface area (Å²) < 4.78 is 43.3. The van der Waals surface area contributed by atoms with E-state index in [1.807, 2.05) is 6.07 Å². The first-order valence-electron chi connectivity index (χ1n) is 12.5. The Balaban J connectivity index is 1.80. The molecule has 7 nitrogen and oxygen atoms in total. The summed E-state index contributed by atoms with van der Waals surface area (Å²) in [5.41, 5.74) is 4.37. The lowest BCUT2D eigenvalue weighted by Crippen LogP contribution is -2.17. The molecule has 1 aliphatic carbocycles. The lowest BCUT2D eigenvalue weighted by molar-refractivity contribution is -0.274. The van der Waals surface area contributed by atoms with Crippen LogP contribution in [0.25, 0.3) is 53.5 Å². The van der Waals surface area contributed by atoms with E-state index in [0.29, 0.717) is 44.6 Å². The van der Waals surface area contributed by atoms with Gasteiger partial charge in [-0.1, -0.05) is 30.3 Å². The Labute approximate surface area is 249 Å². The summed E-state index contributed by atoms with van der Waals surface area (Å²) in [6, 6.07) is 20.6. The third kappa shape index (κ3) is 4.83. The maximum Gasteiger partial charge on any atom is 0.573 e. The highest BCUT2D eigenvalue weighted by Crippen LogP contribution is 2.51. The maximum absolute atomic E-state index is 13.1. The van der Waals surface area contributed by atoms with Crippen LogP contribution in [-0.4, -0.2) is 6.36 Å². The van der Waals surface area contributed by atoms with Crippen LogP contribution in [0.1, 0.15) is 27.8 Å². The van der Waals surface area contributed by atoms with Gasteiger partial charge in [-0.3, -0.25) is 0 Å². The highest BCUT2D eigenvalue weighted by Gasteiger charge is 2.33. The first-order chi connectivity index (χ1) is 21.1. The van der Waals surface area contributed by atoms with Crippen LogP contribution in [0.4, 0.5) is 24.5 Å². The Hall–Kier alpha value is -6.85. The third-order valence-electron chi connectivity index (χ3n) is 7.08. The summed E-state index contributed by atoms with van der Waals surface area (Å²) in [4.78, 5) is 10.6. The van der Waals surface area contributed by atoms with E-state index in [0.717, 1.165) is 12.1 Å². The van der Waals surface area contributed by atoms with Crippen LogP contribution in [0.3, 0.4) is 0 Å². The molecule has 0 N–H and O–H groups in total. The van der Waals surface area contributed by atoms with Crippen molar-refractivity contribution in [3.63, 3.8) is 0 Å². The molecule has 0 aromatic heterocycles. The van der Waals surface area contributed by atoms with Gasteiger partial charge in [0.2, 0.25) is 0 Å². The monoisotopic (exact) mass is 578 g/mol.